The molecule has 0 aliphatic rings. The van der Waals surface area contributed by atoms with Gasteiger partial charge in [-0.15, -0.1) is 0 Å². The molecule has 2 heteroatoms. The van der Waals surface area contributed by atoms with Crippen molar-refractivity contribution in [2.24, 2.45) is 0 Å². The Balaban J connectivity index is 2.34. The summed E-state index contributed by atoms with van der Waals surface area (Å²) in [6, 6.07) is 8.40. The summed E-state index contributed by atoms with van der Waals surface area (Å²) in [5, 5.41) is 0. The maximum absolute atomic E-state index is 4.38. The normalized spacial score (nSPS) is 10.4. The number of nitrogens with zero attached hydrogens (tertiary/aromatic N) is 2. The highest BCUT2D eigenvalue weighted by Gasteiger charge is 2.01. The second-order valence-electron chi connectivity index (χ2n) is 3.82. The lowest BCUT2D eigenvalue weighted by Crippen LogP contribution is -1.92. The number of hydrogen-bond acceptors (Lipinski definition) is 2. The molecule has 0 atom stereocenters. The molecule has 1 heterocycles. The topological polar surface area (TPSA) is 25.8 Å². The van der Waals surface area contributed by atoms with Gasteiger partial charge in [0.15, 0.2) is 5.82 Å². The van der Waals surface area contributed by atoms with Gasteiger partial charge in [-0.25, -0.2) is 9.97 Å². The summed E-state index contributed by atoms with van der Waals surface area (Å²) in [6.07, 6.45) is 5.83. The van der Waals surface area contributed by atoms with Gasteiger partial charge in [0, 0.05) is 18.0 Å². The molecule has 2 rings (SSSR count). The lowest BCUT2D eigenvalue weighted by molar-refractivity contribution is 1.05. The van der Waals surface area contributed by atoms with Crippen LogP contribution in [0.25, 0.3) is 11.4 Å². The Morgan fingerprint density at radius 1 is 0.938 bits per heavy atom. The minimum atomic E-state index is 0.813. The first-order valence-corrected chi connectivity index (χ1v) is 5.73. The van der Waals surface area contributed by atoms with Crippen molar-refractivity contribution >= 4 is 0 Å². The van der Waals surface area contributed by atoms with Gasteiger partial charge in [0.25, 0.3) is 0 Å². The van der Waals surface area contributed by atoms with Crippen LogP contribution in [0, 0.1) is 0 Å². The Hall–Kier alpha value is -1.70. The van der Waals surface area contributed by atoms with E-state index in [2.05, 4.69) is 48.1 Å². The second kappa shape index (κ2) is 4.88. The van der Waals surface area contributed by atoms with Crippen LogP contribution in [-0.4, -0.2) is 9.97 Å². The first-order valence-electron chi connectivity index (χ1n) is 5.73. The van der Waals surface area contributed by atoms with E-state index in [1.807, 2.05) is 12.4 Å². The van der Waals surface area contributed by atoms with Crippen molar-refractivity contribution in [2.75, 3.05) is 0 Å². The van der Waals surface area contributed by atoms with Crippen LogP contribution >= 0.6 is 0 Å². The summed E-state index contributed by atoms with van der Waals surface area (Å²) in [5.41, 5.74) is 3.60. The van der Waals surface area contributed by atoms with Gasteiger partial charge >= 0.3 is 0 Å². The minimum absolute atomic E-state index is 0.813. The number of hydrogen-bond donors (Lipinski definition) is 0. The average Bonchev–Trinajstić information content (AvgIpc) is 2.39. The summed E-state index contributed by atoms with van der Waals surface area (Å²) in [4.78, 5) is 8.77. The quantitative estimate of drug-likeness (QED) is 0.780. The molecule has 2 nitrogen and oxygen atoms in total. The Morgan fingerprint density at radius 2 is 1.62 bits per heavy atom. The zero-order valence-electron chi connectivity index (χ0n) is 9.77. The highest BCUT2D eigenvalue weighted by atomic mass is 14.9. The summed E-state index contributed by atoms with van der Waals surface area (Å²) in [5.74, 6) is 0.813. The zero-order valence-corrected chi connectivity index (χ0v) is 9.77. The summed E-state index contributed by atoms with van der Waals surface area (Å²) >= 11 is 0. The Labute approximate surface area is 96.4 Å². The Morgan fingerprint density at radius 3 is 2.25 bits per heavy atom. The molecule has 1 aromatic carbocycles. The van der Waals surface area contributed by atoms with Crippen molar-refractivity contribution in [1.29, 1.82) is 0 Å². The maximum atomic E-state index is 4.38. The third kappa shape index (κ3) is 2.27. The lowest BCUT2D eigenvalue weighted by atomic mass is 10.1. The molecule has 0 amide bonds. The molecule has 0 unspecified atom stereocenters. The molecule has 2 aromatic rings. The van der Waals surface area contributed by atoms with Crippen LogP contribution in [-0.2, 0) is 12.8 Å². The fourth-order valence-corrected chi connectivity index (χ4v) is 1.62. The largest absolute Gasteiger partial charge is 0.236 e. The van der Waals surface area contributed by atoms with E-state index in [9.17, 15) is 0 Å². The van der Waals surface area contributed by atoms with Crippen LogP contribution in [0.4, 0.5) is 0 Å². The van der Waals surface area contributed by atoms with Crippen LogP contribution in [0.2, 0.25) is 0 Å². The predicted molar refractivity (Wildman–Crippen MR) is 66.2 cm³/mol. The Kier molecular flexibility index (Phi) is 3.30. The molecule has 0 saturated carbocycles. The second-order valence-corrected chi connectivity index (χ2v) is 3.82. The molecule has 0 radical (unpaired) electrons. The summed E-state index contributed by atoms with van der Waals surface area (Å²) in [7, 11) is 0. The van der Waals surface area contributed by atoms with E-state index in [1.54, 1.807) is 0 Å². The van der Waals surface area contributed by atoms with Crippen LogP contribution in [0.1, 0.15) is 25.0 Å². The zero-order chi connectivity index (χ0) is 11.4. The molecular weight excluding hydrogens is 196 g/mol. The van der Waals surface area contributed by atoms with E-state index in [1.165, 1.54) is 11.1 Å². The molecule has 0 aliphatic carbocycles. The van der Waals surface area contributed by atoms with E-state index in [4.69, 9.17) is 0 Å². The highest BCUT2D eigenvalue weighted by Crippen LogP contribution is 2.16. The SMILES string of the molecule is CCc1cnc(-c2cccc(CC)c2)nc1. The van der Waals surface area contributed by atoms with Gasteiger partial charge in [0.05, 0.1) is 0 Å². The van der Waals surface area contributed by atoms with Crippen molar-refractivity contribution in [3.8, 4) is 11.4 Å². The molecule has 0 bridgehead atoms. The molecule has 0 spiro atoms. The van der Waals surface area contributed by atoms with Crippen molar-refractivity contribution in [3.63, 3.8) is 0 Å². The van der Waals surface area contributed by atoms with Gasteiger partial charge in [0.1, 0.15) is 0 Å². The van der Waals surface area contributed by atoms with Crippen molar-refractivity contribution in [2.45, 2.75) is 26.7 Å². The fraction of sp³-hybridized carbons (Fsp3) is 0.286. The summed E-state index contributed by atoms with van der Waals surface area (Å²) in [6.45, 7) is 4.26. The van der Waals surface area contributed by atoms with Gasteiger partial charge in [-0.3, -0.25) is 0 Å². The van der Waals surface area contributed by atoms with Crippen LogP contribution in [0.15, 0.2) is 36.7 Å². The van der Waals surface area contributed by atoms with Crippen LogP contribution in [0.3, 0.4) is 0 Å². The molecule has 16 heavy (non-hydrogen) atoms. The number of benzene rings is 1. The van der Waals surface area contributed by atoms with Crippen molar-refractivity contribution < 1.29 is 0 Å². The summed E-state index contributed by atoms with van der Waals surface area (Å²) < 4.78 is 0. The van der Waals surface area contributed by atoms with Gasteiger partial charge in [-0.2, -0.15) is 0 Å². The monoisotopic (exact) mass is 212 g/mol. The Bertz CT molecular complexity index is 460. The molecular formula is C14H16N2. The maximum Gasteiger partial charge on any atom is 0.159 e. The smallest absolute Gasteiger partial charge is 0.159 e. The van der Waals surface area contributed by atoms with Gasteiger partial charge in [-0.1, -0.05) is 32.0 Å². The number of rotatable bonds is 3. The van der Waals surface area contributed by atoms with Crippen molar-refractivity contribution in [1.82, 2.24) is 9.97 Å². The third-order valence-corrected chi connectivity index (χ3v) is 2.71. The molecule has 0 N–H and O–H groups in total. The number of aromatic nitrogens is 2. The van der Waals surface area contributed by atoms with E-state index >= 15 is 0 Å². The van der Waals surface area contributed by atoms with Crippen LogP contribution in [0.5, 0.6) is 0 Å². The van der Waals surface area contributed by atoms with Crippen LogP contribution < -0.4 is 0 Å². The predicted octanol–water partition coefficient (Wildman–Crippen LogP) is 3.27. The molecule has 0 aliphatic heterocycles. The fourth-order valence-electron chi connectivity index (χ4n) is 1.62. The van der Waals surface area contributed by atoms with Gasteiger partial charge in [-0.05, 0) is 30.0 Å². The number of aryl methyl sites for hydroxylation is 2. The van der Waals surface area contributed by atoms with E-state index in [-0.39, 0.29) is 0 Å². The molecule has 0 fully saturated rings. The van der Waals surface area contributed by atoms with E-state index in [0.29, 0.717) is 0 Å². The van der Waals surface area contributed by atoms with Crippen molar-refractivity contribution in [3.05, 3.63) is 47.8 Å². The first-order chi connectivity index (χ1) is 7.83. The molecule has 0 saturated heterocycles. The standard InChI is InChI=1S/C14H16N2/c1-3-11-6-5-7-13(8-11)14-15-9-12(4-2)10-16-14/h5-10H,3-4H2,1-2H3. The average molecular weight is 212 g/mol. The van der Waals surface area contributed by atoms with Gasteiger partial charge in [0.2, 0.25) is 0 Å². The van der Waals surface area contributed by atoms with Gasteiger partial charge < -0.3 is 0 Å². The van der Waals surface area contributed by atoms with E-state index in [0.717, 1.165) is 24.2 Å². The first kappa shape index (κ1) is 10.8. The minimum Gasteiger partial charge on any atom is -0.236 e. The molecule has 82 valence electrons. The highest BCUT2D eigenvalue weighted by molar-refractivity contribution is 5.55. The molecule has 1 aromatic heterocycles. The lowest BCUT2D eigenvalue weighted by Gasteiger charge is -2.03. The van der Waals surface area contributed by atoms with E-state index < -0.39 is 0 Å². The third-order valence-electron chi connectivity index (χ3n) is 2.71.